The second kappa shape index (κ2) is 8.14. The molecule has 0 amide bonds. The number of rotatable bonds is 7. The van der Waals surface area contributed by atoms with Gasteiger partial charge in [-0.25, -0.2) is 17.2 Å². The van der Waals surface area contributed by atoms with Crippen LogP contribution in [0.2, 0.25) is 0 Å². The smallest absolute Gasteiger partial charge is 0.243 e. The summed E-state index contributed by atoms with van der Waals surface area (Å²) in [5.74, 6) is -2.22. The van der Waals surface area contributed by atoms with Crippen molar-refractivity contribution in [2.24, 2.45) is 0 Å². The Kier molecular flexibility index (Phi) is 6.46. The summed E-state index contributed by atoms with van der Waals surface area (Å²) in [6.07, 6.45) is 2.70. The molecule has 1 heterocycles. The van der Waals surface area contributed by atoms with E-state index in [-0.39, 0.29) is 11.5 Å². The number of benzene rings is 1. The van der Waals surface area contributed by atoms with Gasteiger partial charge in [-0.15, -0.1) is 0 Å². The molecule has 0 radical (unpaired) electrons. The summed E-state index contributed by atoms with van der Waals surface area (Å²) >= 11 is 0. The molecule has 0 unspecified atom stereocenters. The Morgan fingerprint density at radius 3 is 2.30 bits per heavy atom. The van der Waals surface area contributed by atoms with Crippen LogP contribution in [0.1, 0.15) is 19.3 Å². The zero-order chi connectivity index (χ0) is 16.9. The SMILES string of the molecule is O=S(=O)(c1ccc(F)c(F)c1)N1CCN(CCCCCO)CC1. The first kappa shape index (κ1) is 18.3. The Morgan fingerprint density at radius 1 is 1.00 bits per heavy atom. The summed E-state index contributed by atoms with van der Waals surface area (Å²) in [4.78, 5) is 1.96. The Labute approximate surface area is 135 Å². The Balaban J connectivity index is 1.92. The van der Waals surface area contributed by atoms with Gasteiger partial charge in [0.25, 0.3) is 0 Å². The molecule has 1 N–H and O–H groups in total. The van der Waals surface area contributed by atoms with Crippen LogP contribution < -0.4 is 0 Å². The third-order valence-corrected chi connectivity index (χ3v) is 5.89. The normalized spacial score (nSPS) is 17.5. The largest absolute Gasteiger partial charge is 0.396 e. The molecule has 1 saturated heterocycles. The molecule has 23 heavy (non-hydrogen) atoms. The van der Waals surface area contributed by atoms with E-state index in [1.54, 1.807) is 0 Å². The van der Waals surface area contributed by atoms with Crippen LogP contribution in [0.3, 0.4) is 0 Å². The molecule has 5 nitrogen and oxygen atoms in total. The van der Waals surface area contributed by atoms with Crippen molar-refractivity contribution in [3.05, 3.63) is 29.8 Å². The average molecular weight is 348 g/mol. The Bertz CT molecular complexity index is 617. The fraction of sp³-hybridized carbons (Fsp3) is 0.600. The van der Waals surface area contributed by atoms with E-state index >= 15 is 0 Å². The third-order valence-electron chi connectivity index (χ3n) is 3.99. The molecule has 8 heteroatoms. The molecular weight excluding hydrogens is 326 g/mol. The number of hydrogen-bond acceptors (Lipinski definition) is 4. The van der Waals surface area contributed by atoms with Crippen LogP contribution in [0.15, 0.2) is 23.1 Å². The van der Waals surface area contributed by atoms with Crippen LogP contribution in [0.5, 0.6) is 0 Å². The molecule has 1 aromatic carbocycles. The first-order chi connectivity index (χ1) is 10.9. The molecule has 1 aromatic rings. The third kappa shape index (κ3) is 4.69. The molecule has 1 fully saturated rings. The van der Waals surface area contributed by atoms with Gasteiger partial charge in [0.1, 0.15) is 0 Å². The molecule has 1 aliphatic heterocycles. The van der Waals surface area contributed by atoms with E-state index in [1.165, 1.54) is 4.31 Å². The number of aliphatic hydroxyl groups is 1. The topological polar surface area (TPSA) is 60.9 Å². The number of halogens is 2. The van der Waals surface area contributed by atoms with E-state index in [9.17, 15) is 17.2 Å². The van der Waals surface area contributed by atoms with Gasteiger partial charge in [0, 0.05) is 32.8 Å². The maximum Gasteiger partial charge on any atom is 0.243 e. The summed E-state index contributed by atoms with van der Waals surface area (Å²) in [5.41, 5.74) is 0. The first-order valence-electron chi connectivity index (χ1n) is 7.73. The molecule has 1 aliphatic rings. The van der Waals surface area contributed by atoms with E-state index in [2.05, 4.69) is 4.90 Å². The number of nitrogens with zero attached hydrogens (tertiary/aromatic N) is 2. The average Bonchev–Trinajstić information content (AvgIpc) is 2.54. The highest BCUT2D eigenvalue weighted by atomic mass is 32.2. The van der Waals surface area contributed by atoms with Gasteiger partial charge in [-0.05, 0) is 44.0 Å². The molecule has 0 atom stereocenters. The predicted octanol–water partition coefficient (Wildman–Crippen LogP) is 1.43. The summed E-state index contributed by atoms with van der Waals surface area (Å²) in [6, 6.07) is 2.65. The van der Waals surface area contributed by atoms with Gasteiger partial charge in [-0.3, -0.25) is 0 Å². The van der Waals surface area contributed by atoms with Crippen molar-refractivity contribution in [1.82, 2.24) is 9.21 Å². The van der Waals surface area contributed by atoms with Crippen LogP contribution in [0, 0.1) is 11.6 Å². The van der Waals surface area contributed by atoms with E-state index < -0.39 is 21.7 Å². The molecule has 0 bridgehead atoms. The van der Waals surface area contributed by atoms with Gasteiger partial charge in [0.15, 0.2) is 11.6 Å². The lowest BCUT2D eigenvalue weighted by molar-refractivity contribution is 0.183. The molecule has 0 aliphatic carbocycles. The minimum absolute atomic E-state index is 0.195. The monoisotopic (exact) mass is 348 g/mol. The standard InChI is InChI=1S/C15H22F2N2O3S/c16-14-5-4-13(12-15(14)17)23(21,22)19-9-7-18(8-10-19)6-2-1-3-11-20/h4-5,12,20H,1-3,6-11H2. The Hall–Kier alpha value is -1.09. The second-order valence-electron chi connectivity index (χ2n) is 5.61. The van der Waals surface area contributed by atoms with Crippen molar-refractivity contribution < 1.29 is 22.3 Å². The van der Waals surface area contributed by atoms with E-state index in [0.29, 0.717) is 26.2 Å². The lowest BCUT2D eigenvalue weighted by Crippen LogP contribution is -2.48. The van der Waals surface area contributed by atoms with E-state index in [4.69, 9.17) is 5.11 Å². The summed E-state index contributed by atoms with van der Waals surface area (Å²) in [6.45, 7) is 2.96. The van der Waals surface area contributed by atoms with Gasteiger partial charge < -0.3 is 10.0 Å². The minimum atomic E-state index is -3.79. The quantitative estimate of drug-likeness (QED) is 0.758. The fourth-order valence-electron chi connectivity index (χ4n) is 2.60. The van der Waals surface area contributed by atoms with Gasteiger partial charge in [-0.1, -0.05) is 0 Å². The van der Waals surface area contributed by atoms with Gasteiger partial charge in [-0.2, -0.15) is 4.31 Å². The predicted molar refractivity (Wildman–Crippen MR) is 82.5 cm³/mol. The van der Waals surface area contributed by atoms with Gasteiger partial charge >= 0.3 is 0 Å². The number of sulfonamides is 1. The summed E-state index contributed by atoms with van der Waals surface area (Å²) in [7, 11) is -3.79. The molecule has 0 aromatic heterocycles. The highest BCUT2D eigenvalue weighted by molar-refractivity contribution is 7.89. The van der Waals surface area contributed by atoms with Gasteiger partial charge in [0.05, 0.1) is 4.90 Å². The minimum Gasteiger partial charge on any atom is -0.396 e. The molecular formula is C15H22F2N2O3S. The van der Waals surface area contributed by atoms with Crippen molar-refractivity contribution in [2.75, 3.05) is 39.3 Å². The molecule has 130 valence electrons. The maximum absolute atomic E-state index is 13.3. The number of hydrogen-bond donors (Lipinski definition) is 1. The lowest BCUT2D eigenvalue weighted by atomic mass is 10.2. The van der Waals surface area contributed by atoms with Crippen molar-refractivity contribution in [3.8, 4) is 0 Å². The zero-order valence-corrected chi connectivity index (χ0v) is 13.7. The van der Waals surface area contributed by atoms with Crippen LogP contribution in [-0.4, -0.2) is 62.1 Å². The van der Waals surface area contributed by atoms with Crippen LogP contribution in [0.4, 0.5) is 8.78 Å². The van der Waals surface area contributed by atoms with E-state index in [0.717, 1.165) is 44.0 Å². The maximum atomic E-state index is 13.3. The van der Waals surface area contributed by atoms with Crippen molar-refractivity contribution in [3.63, 3.8) is 0 Å². The highest BCUT2D eigenvalue weighted by Crippen LogP contribution is 2.20. The Morgan fingerprint density at radius 2 is 1.70 bits per heavy atom. The fourth-order valence-corrected chi connectivity index (χ4v) is 4.04. The van der Waals surface area contributed by atoms with Crippen LogP contribution in [-0.2, 0) is 10.0 Å². The molecule has 0 spiro atoms. The number of unbranched alkanes of at least 4 members (excludes halogenated alkanes) is 2. The number of aliphatic hydroxyl groups excluding tert-OH is 1. The first-order valence-corrected chi connectivity index (χ1v) is 9.17. The number of piperazine rings is 1. The summed E-state index contributed by atoms with van der Waals surface area (Å²) in [5, 5.41) is 8.74. The highest BCUT2D eigenvalue weighted by Gasteiger charge is 2.28. The second-order valence-corrected chi connectivity index (χ2v) is 7.54. The summed E-state index contributed by atoms with van der Waals surface area (Å²) < 4.78 is 52.4. The van der Waals surface area contributed by atoms with Crippen LogP contribution >= 0.6 is 0 Å². The van der Waals surface area contributed by atoms with Crippen molar-refractivity contribution in [1.29, 1.82) is 0 Å². The zero-order valence-electron chi connectivity index (χ0n) is 12.9. The van der Waals surface area contributed by atoms with Crippen molar-refractivity contribution in [2.45, 2.75) is 24.2 Å². The van der Waals surface area contributed by atoms with E-state index in [1.807, 2.05) is 0 Å². The molecule has 2 rings (SSSR count). The van der Waals surface area contributed by atoms with Crippen molar-refractivity contribution >= 4 is 10.0 Å². The van der Waals surface area contributed by atoms with Crippen LogP contribution in [0.25, 0.3) is 0 Å². The van der Waals surface area contributed by atoms with Gasteiger partial charge in [0.2, 0.25) is 10.0 Å². The lowest BCUT2D eigenvalue weighted by Gasteiger charge is -2.34. The molecule has 0 saturated carbocycles.